The Kier molecular flexibility index (Phi) is 5.61. The van der Waals surface area contributed by atoms with E-state index in [0.29, 0.717) is 28.5 Å². The maximum Gasteiger partial charge on any atom is 0.259 e. The molecule has 3 aromatic rings. The van der Waals surface area contributed by atoms with E-state index in [-0.39, 0.29) is 5.56 Å². The highest BCUT2D eigenvalue weighted by atomic mass is 35.5. The van der Waals surface area contributed by atoms with Gasteiger partial charge in [-0.3, -0.25) is 4.79 Å². The van der Waals surface area contributed by atoms with Crippen LogP contribution in [0.3, 0.4) is 0 Å². The minimum absolute atomic E-state index is 0.130. The number of benzene rings is 2. The van der Waals surface area contributed by atoms with Gasteiger partial charge < -0.3 is 9.88 Å². The van der Waals surface area contributed by atoms with E-state index in [2.05, 4.69) is 20.9 Å². The Balaban J connectivity index is 2.02. The molecule has 1 aromatic heterocycles. The highest BCUT2D eigenvalue weighted by Gasteiger charge is 2.11. The van der Waals surface area contributed by atoms with Crippen LogP contribution in [-0.4, -0.2) is 34.8 Å². The van der Waals surface area contributed by atoms with Crippen molar-refractivity contribution in [2.45, 2.75) is 6.92 Å². The predicted molar refractivity (Wildman–Crippen MR) is 106 cm³/mol. The summed E-state index contributed by atoms with van der Waals surface area (Å²) in [4.78, 5) is 21.9. The number of para-hydroxylation sites is 1. The lowest BCUT2D eigenvalue weighted by molar-refractivity contribution is 0.873. The molecule has 0 aliphatic rings. The molecule has 130 valence electrons. The number of nitrogens with one attached hydrogen (secondary N) is 1. The zero-order valence-corrected chi connectivity index (χ0v) is 15.4. The first-order valence-corrected chi connectivity index (χ1v) is 9.18. The Hall–Kier alpha value is -2.04. The number of aromatic nitrogens is 2. The molecule has 0 amide bonds. The van der Waals surface area contributed by atoms with Crippen LogP contribution in [0.25, 0.3) is 22.3 Å². The molecule has 3 rings (SSSR count). The Morgan fingerprint density at radius 3 is 2.48 bits per heavy atom. The average Bonchev–Trinajstić information content (AvgIpc) is 2.61. The molecular formula is C19H19Cl2N3O. The molecule has 0 unspecified atom stereocenters. The van der Waals surface area contributed by atoms with Crippen LogP contribution in [-0.2, 0) is 0 Å². The lowest BCUT2D eigenvalue weighted by Gasteiger charge is -2.23. The van der Waals surface area contributed by atoms with Gasteiger partial charge in [0.1, 0.15) is 5.82 Å². The van der Waals surface area contributed by atoms with Crippen LogP contribution in [0.5, 0.6) is 0 Å². The summed E-state index contributed by atoms with van der Waals surface area (Å²) in [5, 5.41) is 0.593. The van der Waals surface area contributed by atoms with Crippen molar-refractivity contribution >= 4 is 39.8 Å². The lowest BCUT2D eigenvalue weighted by atomic mass is 10.1. The van der Waals surface area contributed by atoms with Gasteiger partial charge in [0.05, 0.1) is 10.9 Å². The Morgan fingerprint density at radius 1 is 1.08 bits per heavy atom. The third kappa shape index (κ3) is 3.80. The first-order chi connectivity index (χ1) is 12.1. The second-order valence-corrected chi connectivity index (χ2v) is 6.55. The van der Waals surface area contributed by atoms with Crippen LogP contribution in [0.15, 0.2) is 47.3 Å². The average molecular weight is 376 g/mol. The topological polar surface area (TPSA) is 49.0 Å². The standard InChI is InChI=1S/C19H19Cl2N3O/c1-13-12-14(24(10-8-20)11-9-21)6-7-15(13)18-22-17-5-3-2-4-16(17)19(25)23-18/h2-7,12H,8-11H2,1H3,(H,22,23,25). The fraction of sp³-hybridized carbons (Fsp3) is 0.263. The molecule has 6 heteroatoms. The largest absolute Gasteiger partial charge is 0.369 e. The van der Waals surface area contributed by atoms with E-state index in [0.717, 1.165) is 29.9 Å². The zero-order valence-electron chi connectivity index (χ0n) is 13.9. The Labute approximate surface area is 156 Å². The smallest absolute Gasteiger partial charge is 0.259 e. The van der Waals surface area contributed by atoms with E-state index in [4.69, 9.17) is 23.2 Å². The number of aryl methyl sites for hydroxylation is 1. The van der Waals surface area contributed by atoms with Gasteiger partial charge in [-0.15, -0.1) is 23.2 Å². The summed E-state index contributed by atoms with van der Waals surface area (Å²) in [5.74, 6) is 1.66. The molecule has 0 aliphatic carbocycles. The number of alkyl halides is 2. The maximum atomic E-state index is 12.3. The molecule has 1 N–H and O–H groups in total. The first-order valence-electron chi connectivity index (χ1n) is 8.11. The molecule has 0 aliphatic heterocycles. The van der Waals surface area contributed by atoms with Gasteiger partial charge in [-0.1, -0.05) is 12.1 Å². The number of fused-ring (bicyclic) bond motifs is 1. The third-order valence-corrected chi connectivity index (χ3v) is 4.49. The summed E-state index contributed by atoms with van der Waals surface area (Å²) in [7, 11) is 0. The van der Waals surface area contributed by atoms with Crippen molar-refractivity contribution in [2.24, 2.45) is 0 Å². The molecule has 1 heterocycles. The highest BCUT2D eigenvalue weighted by Crippen LogP contribution is 2.25. The van der Waals surface area contributed by atoms with Crippen molar-refractivity contribution in [3.8, 4) is 11.4 Å². The monoisotopic (exact) mass is 375 g/mol. The van der Waals surface area contributed by atoms with Crippen molar-refractivity contribution in [3.05, 3.63) is 58.4 Å². The number of hydrogen-bond donors (Lipinski definition) is 1. The third-order valence-electron chi connectivity index (χ3n) is 4.15. The van der Waals surface area contributed by atoms with Crippen LogP contribution in [0.2, 0.25) is 0 Å². The van der Waals surface area contributed by atoms with Crippen molar-refractivity contribution in [1.29, 1.82) is 0 Å². The van der Waals surface area contributed by atoms with Gasteiger partial charge in [-0.05, 0) is 42.8 Å². The lowest BCUT2D eigenvalue weighted by Crippen LogP contribution is -2.27. The minimum atomic E-state index is -0.130. The van der Waals surface area contributed by atoms with E-state index in [1.165, 1.54) is 0 Å². The number of halogens is 2. The van der Waals surface area contributed by atoms with Crippen LogP contribution in [0.1, 0.15) is 5.56 Å². The van der Waals surface area contributed by atoms with Gasteiger partial charge in [0, 0.05) is 36.1 Å². The molecule has 0 saturated heterocycles. The fourth-order valence-electron chi connectivity index (χ4n) is 2.90. The molecule has 0 spiro atoms. The maximum absolute atomic E-state index is 12.3. The van der Waals surface area contributed by atoms with Gasteiger partial charge >= 0.3 is 0 Å². The van der Waals surface area contributed by atoms with E-state index in [9.17, 15) is 4.79 Å². The molecule has 4 nitrogen and oxygen atoms in total. The van der Waals surface area contributed by atoms with Gasteiger partial charge in [0.2, 0.25) is 0 Å². The Morgan fingerprint density at radius 2 is 1.80 bits per heavy atom. The summed E-state index contributed by atoms with van der Waals surface area (Å²) in [6, 6.07) is 13.4. The number of hydrogen-bond acceptors (Lipinski definition) is 3. The van der Waals surface area contributed by atoms with Crippen LogP contribution in [0, 0.1) is 6.92 Å². The van der Waals surface area contributed by atoms with Gasteiger partial charge in [0.25, 0.3) is 5.56 Å². The van der Waals surface area contributed by atoms with Crippen molar-refractivity contribution in [2.75, 3.05) is 29.7 Å². The number of H-pyrrole nitrogens is 1. The van der Waals surface area contributed by atoms with Crippen molar-refractivity contribution in [1.82, 2.24) is 9.97 Å². The summed E-state index contributed by atoms with van der Waals surface area (Å²) in [6.45, 7) is 3.48. The number of anilines is 1. The SMILES string of the molecule is Cc1cc(N(CCCl)CCCl)ccc1-c1nc2ccccc2c(=O)[nH]1. The Bertz CT molecular complexity index is 933. The van der Waals surface area contributed by atoms with Gasteiger partial charge in [-0.2, -0.15) is 0 Å². The summed E-state index contributed by atoms with van der Waals surface area (Å²) in [5.41, 5.74) is 3.56. The second-order valence-electron chi connectivity index (χ2n) is 5.80. The summed E-state index contributed by atoms with van der Waals surface area (Å²) in [6.07, 6.45) is 0. The van der Waals surface area contributed by atoms with E-state index in [1.54, 1.807) is 6.07 Å². The molecule has 25 heavy (non-hydrogen) atoms. The number of aromatic amines is 1. The van der Waals surface area contributed by atoms with Crippen molar-refractivity contribution in [3.63, 3.8) is 0 Å². The van der Waals surface area contributed by atoms with Gasteiger partial charge in [-0.25, -0.2) is 4.98 Å². The molecular weight excluding hydrogens is 357 g/mol. The predicted octanol–water partition coefficient (Wildman–Crippen LogP) is 4.18. The molecule has 0 fully saturated rings. The van der Waals surface area contributed by atoms with Gasteiger partial charge in [0.15, 0.2) is 0 Å². The second kappa shape index (κ2) is 7.89. The number of nitrogens with zero attached hydrogens (tertiary/aromatic N) is 2. The molecule has 0 radical (unpaired) electrons. The summed E-state index contributed by atoms with van der Waals surface area (Å²) < 4.78 is 0. The fourth-order valence-corrected chi connectivity index (χ4v) is 3.31. The van der Waals surface area contributed by atoms with Crippen molar-refractivity contribution < 1.29 is 0 Å². The molecule has 2 aromatic carbocycles. The van der Waals surface area contributed by atoms with E-state index >= 15 is 0 Å². The van der Waals surface area contributed by atoms with E-state index in [1.807, 2.05) is 37.3 Å². The first kappa shape index (κ1) is 17.8. The number of rotatable bonds is 6. The highest BCUT2D eigenvalue weighted by molar-refractivity contribution is 6.18. The normalized spacial score (nSPS) is 11.0. The molecule has 0 atom stereocenters. The van der Waals surface area contributed by atoms with Crippen LogP contribution in [0.4, 0.5) is 5.69 Å². The minimum Gasteiger partial charge on any atom is -0.369 e. The van der Waals surface area contributed by atoms with Crippen LogP contribution >= 0.6 is 23.2 Å². The van der Waals surface area contributed by atoms with E-state index < -0.39 is 0 Å². The molecule has 0 bridgehead atoms. The zero-order chi connectivity index (χ0) is 17.8. The van der Waals surface area contributed by atoms with Crippen LogP contribution < -0.4 is 10.5 Å². The molecule has 0 saturated carbocycles. The quantitative estimate of drug-likeness (QED) is 0.657. The summed E-state index contributed by atoms with van der Waals surface area (Å²) >= 11 is 11.8.